The van der Waals surface area contributed by atoms with Crippen LogP contribution in [0.3, 0.4) is 0 Å². The third-order valence-electron chi connectivity index (χ3n) is 4.55. The Balaban J connectivity index is 1.85. The van der Waals surface area contributed by atoms with Gasteiger partial charge >= 0.3 is 0 Å². The molecule has 1 aliphatic heterocycles. The second-order valence-corrected chi connectivity index (χ2v) is 8.18. The van der Waals surface area contributed by atoms with E-state index in [1.54, 1.807) is 0 Å². The van der Waals surface area contributed by atoms with Crippen molar-refractivity contribution in [1.29, 1.82) is 0 Å². The van der Waals surface area contributed by atoms with Gasteiger partial charge in [-0.05, 0) is 56.7 Å². The fraction of sp³-hybridized carbons (Fsp3) is 0.238. The van der Waals surface area contributed by atoms with Gasteiger partial charge in [0.1, 0.15) is 0 Å². The highest BCUT2D eigenvalue weighted by Gasteiger charge is 2.25. The summed E-state index contributed by atoms with van der Waals surface area (Å²) in [5, 5.41) is 3.38. The van der Waals surface area contributed by atoms with Gasteiger partial charge < -0.3 is 9.80 Å². The van der Waals surface area contributed by atoms with E-state index < -0.39 is 0 Å². The largest absolute Gasteiger partial charge is 0.339 e. The number of rotatable bonds is 4. The first-order valence-electron chi connectivity index (χ1n) is 8.55. The van der Waals surface area contributed by atoms with Gasteiger partial charge in [-0.25, -0.2) is 0 Å². The molecule has 4 heteroatoms. The summed E-state index contributed by atoms with van der Waals surface area (Å²) in [6.45, 7) is 2.05. The van der Waals surface area contributed by atoms with E-state index >= 15 is 0 Å². The van der Waals surface area contributed by atoms with Gasteiger partial charge in [0.05, 0.1) is 11.4 Å². The van der Waals surface area contributed by atoms with Crippen molar-refractivity contribution in [3.63, 3.8) is 0 Å². The number of anilines is 2. The second kappa shape index (κ2) is 6.91. The van der Waals surface area contributed by atoms with Crippen molar-refractivity contribution >= 4 is 45.5 Å². The van der Waals surface area contributed by atoms with Crippen LogP contribution in [0.1, 0.15) is 6.42 Å². The van der Waals surface area contributed by atoms with Crippen molar-refractivity contribution in [2.75, 3.05) is 32.1 Å². The fourth-order valence-corrected chi connectivity index (χ4v) is 4.67. The van der Waals surface area contributed by atoms with E-state index in [0.717, 1.165) is 24.5 Å². The first kappa shape index (κ1) is 16.8. The Morgan fingerprint density at radius 2 is 1.80 bits per heavy atom. The molecule has 0 spiro atoms. The van der Waals surface area contributed by atoms with Crippen LogP contribution in [-0.2, 0) is 0 Å². The molecule has 0 unspecified atom stereocenters. The van der Waals surface area contributed by atoms with Crippen molar-refractivity contribution in [3.8, 4) is 0 Å². The Morgan fingerprint density at radius 1 is 1.00 bits per heavy atom. The molecule has 4 rings (SSSR count). The first-order chi connectivity index (χ1) is 12.1. The molecular formula is C21H21ClN2S. The van der Waals surface area contributed by atoms with Crippen LogP contribution in [0.25, 0.3) is 10.8 Å². The Bertz CT molecular complexity index is 923. The molecule has 0 radical (unpaired) electrons. The lowest BCUT2D eigenvalue weighted by Crippen LogP contribution is -2.25. The van der Waals surface area contributed by atoms with Gasteiger partial charge in [-0.15, -0.1) is 0 Å². The second-order valence-electron chi connectivity index (χ2n) is 6.66. The third-order valence-corrected chi connectivity index (χ3v) is 5.90. The van der Waals surface area contributed by atoms with Crippen LogP contribution in [0.2, 0.25) is 5.02 Å². The molecule has 1 aliphatic rings. The Labute approximate surface area is 158 Å². The van der Waals surface area contributed by atoms with Crippen molar-refractivity contribution in [3.05, 3.63) is 59.6 Å². The predicted octanol–water partition coefficient (Wildman–Crippen LogP) is 6.05. The minimum Gasteiger partial charge on any atom is -0.339 e. The molecule has 2 nitrogen and oxygen atoms in total. The molecule has 1 heterocycles. The molecule has 128 valence electrons. The van der Waals surface area contributed by atoms with Crippen LogP contribution in [-0.4, -0.2) is 32.1 Å². The van der Waals surface area contributed by atoms with Crippen molar-refractivity contribution in [2.45, 2.75) is 16.2 Å². The molecule has 0 aliphatic carbocycles. The number of hydrogen-bond acceptors (Lipinski definition) is 3. The van der Waals surface area contributed by atoms with Gasteiger partial charge in [0.15, 0.2) is 0 Å². The molecule has 0 bridgehead atoms. The fourth-order valence-electron chi connectivity index (χ4n) is 3.40. The summed E-state index contributed by atoms with van der Waals surface area (Å²) >= 11 is 8.17. The molecule has 0 saturated heterocycles. The van der Waals surface area contributed by atoms with Crippen LogP contribution >= 0.6 is 23.4 Å². The minimum atomic E-state index is 0.792. The molecule has 0 atom stereocenters. The van der Waals surface area contributed by atoms with E-state index in [0.29, 0.717) is 0 Å². The van der Waals surface area contributed by atoms with Crippen LogP contribution in [0.5, 0.6) is 0 Å². The summed E-state index contributed by atoms with van der Waals surface area (Å²) in [5.74, 6) is 0. The van der Waals surface area contributed by atoms with Crippen LogP contribution in [0.4, 0.5) is 11.4 Å². The number of halogens is 1. The van der Waals surface area contributed by atoms with E-state index in [9.17, 15) is 0 Å². The highest BCUT2D eigenvalue weighted by molar-refractivity contribution is 7.99. The summed E-state index contributed by atoms with van der Waals surface area (Å²) < 4.78 is 0. The summed E-state index contributed by atoms with van der Waals surface area (Å²) in [7, 11) is 4.25. The van der Waals surface area contributed by atoms with E-state index in [1.807, 2.05) is 17.8 Å². The van der Waals surface area contributed by atoms with E-state index in [2.05, 4.69) is 72.4 Å². The zero-order valence-corrected chi connectivity index (χ0v) is 16.1. The Morgan fingerprint density at radius 3 is 2.64 bits per heavy atom. The molecule has 0 saturated carbocycles. The lowest BCUT2D eigenvalue weighted by Gasteiger charge is -2.34. The van der Waals surface area contributed by atoms with E-state index in [-0.39, 0.29) is 0 Å². The van der Waals surface area contributed by atoms with Gasteiger partial charge in [-0.2, -0.15) is 0 Å². The molecule has 0 amide bonds. The van der Waals surface area contributed by atoms with Gasteiger partial charge in [0, 0.05) is 26.7 Å². The lowest BCUT2D eigenvalue weighted by atomic mass is 10.1. The highest BCUT2D eigenvalue weighted by Crippen LogP contribution is 2.51. The SMILES string of the molecule is CN(C)CCCN1c2cc(Cl)ccc2Sc2ccc3ccccc3c21. The van der Waals surface area contributed by atoms with Gasteiger partial charge in [0.2, 0.25) is 0 Å². The van der Waals surface area contributed by atoms with Crippen molar-refractivity contribution in [2.24, 2.45) is 0 Å². The zero-order chi connectivity index (χ0) is 17.4. The summed E-state index contributed by atoms with van der Waals surface area (Å²) in [4.78, 5) is 7.29. The normalized spacial score (nSPS) is 13.2. The average Bonchev–Trinajstić information content (AvgIpc) is 2.61. The molecule has 3 aromatic rings. The molecule has 3 aromatic carbocycles. The number of benzene rings is 3. The summed E-state index contributed by atoms with van der Waals surface area (Å²) in [6, 6.07) is 19.3. The standard InChI is InChI=1S/C21H21ClN2S/c1-23(2)12-5-13-24-18-14-16(22)9-11-19(18)25-20-10-8-15-6-3-4-7-17(15)21(20)24/h3-4,6-11,14H,5,12-13H2,1-2H3. The number of hydrogen-bond donors (Lipinski definition) is 0. The summed E-state index contributed by atoms with van der Waals surface area (Å²) in [5.41, 5.74) is 2.54. The Hall–Kier alpha value is -1.68. The van der Waals surface area contributed by atoms with Crippen molar-refractivity contribution < 1.29 is 0 Å². The minimum absolute atomic E-state index is 0.792. The third kappa shape index (κ3) is 3.24. The smallest absolute Gasteiger partial charge is 0.0632 e. The highest BCUT2D eigenvalue weighted by atomic mass is 35.5. The maximum atomic E-state index is 6.33. The molecular weight excluding hydrogens is 348 g/mol. The van der Waals surface area contributed by atoms with Crippen LogP contribution < -0.4 is 4.90 Å². The molecule has 0 N–H and O–H groups in total. The average molecular weight is 369 g/mol. The topological polar surface area (TPSA) is 6.48 Å². The van der Waals surface area contributed by atoms with E-state index in [4.69, 9.17) is 11.6 Å². The van der Waals surface area contributed by atoms with Crippen molar-refractivity contribution in [1.82, 2.24) is 4.90 Å². The van der Waals surface area contributed by atoms with Gasteiger partial charge in [-0.1, -0.05) is 53.7 Å². The van der Waals surface area contributed by atoms with Crippen LogP contribution in [0.15, 0.2) is 64.4 Å². The predicted molar refractivity (Wildman–Crippen MR) is 110 cm³/mol. The maximum Gasteiger partial charge on any atom is 0.0632 e. The monoisotopic (exact) mass is 368 g/mol. The summed E-state index contributed by atoms with van der Waals surface area (Å²) in [6.07, 6.45) is 1.10. The molecule has 0 fully saturated rings. The van der Waals surface area contributed by atoms with Gasteiger partial charge in [-0.3, -0.25) is 0 Å². The van der Waals surface area contributed by atoms with Crippen LogP contribution in [0, 0.1) is 0 Å². The maximum absolute atomic E-state index is 6.33. The quantitative estimate of drug-likeness (QED) is 0.553. The van der Waals surface area contributed by atoms with E-state index in [1.165, 1.54) is 31.9 Å². The first-order valence-corrected chi connectivity index (χ1v) is 9.74. The number of fused-ring (bicyclic) bond motifs is 4. The zero-order valence-electron chi connectivity index (χ0n) is 14.5. The number of nitrogens with zero attached hydrogens (tertiary/aromatic N) is 2. The molecule has 0 aromatic heterocycles. The van der Waals surface area contributed by atoms with Gasteiger partial charge in [0.25, 0.3) is 0 Å². The molecule has 25 heavy (non-hydrogen) atoms. The lowest BCUT2D eigenvalue weighted by molar-refractivity contribution is 0.402. The Kier molecular flexibility index (Phi) is 4.63.